The van der Waals surface area contributed by atoms with E-state index < -0.39 is 11.7 Å². The summed E-state index contributed by atoms with van der Waals surface area (Å²) in [5.41, 5.74) is -0.324. The maximum Gasteiger partial charge on any atom is 0.125 e. The number of aliphatic hydroxyl groups is 2. The Morgan fingerprint density at radius 3 is 2.60 bits per heavy atom. The predicted molar refractivity (Wildman–Crippen MR) is 59.3 cm³/mol. The lowest BCUT2D eigenvalue weighted by Crippen LogP contribution is -2.34. The molecule has 0 radical (unpaired) electrons. The fraction of sp³-hybridized carbons (Fsp3) is 0.700. The van der Waals surface area contributed by atoms with Crippen LogP contribution in [0.15, 0.2) is 10.7 Å². The van der Waals surface area contributed by atoms with Gasteiger partial charge < -0.3 is 10.2 Å². The Kier molecular flexibility index (Phi) is 2.87. The molecule has 1 atom stereocenters. The van der Waals surface area contributed by atoms with Gasteiger partial charge in [0.2, 0.25) is 0 Å². The fourth-order valence-corrected chi connectivity index (χ4v) is 2.81. The number of rotatable bonds is 2. The van der Waals surface area contributed by atoms with Crippen LogP contribution < -0.4 is 0 Å². The molecule has 0 bridgehead atoms. The smallest absolute Gasteiger partial charge is 0.125 e. The summed E-state index contributed by atoms with van der Waals surface area (Å²) < 4.78 is 2.35. The van der Waals surface area contributed by atoms with E-state index in [4.69, 9.17) is 0 Å². The zero-order chi connectivity index (χ0) is 11.1. The first-order chi connectivity index (χ1) is 7.04. The van der Waals surface area contributed by atoms with Gasteiger partial charge in [0.25, 0.3) is 0 Å². The first kappa shape index (κ1) is 11.1. The normalized spacial score (nSPS) is 21.9. The molecule has 0 aliphatic heterocycles. The summed E-state index contributed by atoms with van der Waals surface area (Å²) in [6.07, 6.45) is 4.04. The quantitative estimate of drug-likeness (QED) is 0.860. The highest BCUT2D eigenvalue weighted by Crippen LogP contribution is 2.41. The molecule has 1 heterocycles. The molecule has 1 aromatic rings. The Balaban J connectivity index is 2.31. The van der Waals surface area contributed by atoms with Crippen LogP contribution in [0.3, 0.4) is 0 Å². The van der Waals surface area contributed by atoms with Crippen LogP contribution in [0, 0.1) is 0 Å². The van der Waals surface area contributed by atoms with Crippen molar-refractivity contribution in [1.29, 1.82) is 0 Å². The molecule has 1 unspecified atom stereocenters. The van der Waals surface area contributed by atoms with E-state index >= 15 is 0 Å². The summed E-state index contributed by atoms with van der Waals surface area (Å²) >= 11 is 3.33. The van der Waals surface area contributed by atoms with Gasteiger partial charge in [-0.05, 0) is 28.8 Å². The van der Waals surface area contributed by atoms with E-state index in [0.717, 1.165) is 17.3 Å². The van der Waals surface area contributed by atoms with Crippen molar-refractivity contribution >= 4 is 15.9 Å². The maximum atomic E-state index is 10.3. The molecule has 2 rings (SSSR count). The van der Waals surface area contributed by atoms with E-state index in [1.165, 1.54) is 0 Å². The first-order valence-electron chi connectivity index (χ1n) is 5.12. The third-order valence-corrected chi connectivity index (χ3v) is 3.79. The molecule has 0 amide bonds. The van der Waals surface area contributed by atoms with Crippen molar-refractivity contribution in [2.75, 3.05) is 0 Å². The zero-order valence-corrected chi connectivity index (χ0v) is 10.2. The third-order valence-electron chi connectivity index (χ3n) is 3.17. The molecule has 5 heteroatoms. The van der Waals surface area contributed by atoms with Gasteiger partial charge in [-0.1, -0.05) is 12.8 Å². The zero-order valence-electron chi connectivity index (χ0n) is 8.65. The van der Waals surface area contributed by atoms with E-state index in [1.807, 2.05) is 0 Å². The summed E-state index contributed by atoms with van der Waals surface area (Å²) in [5, 5.41) is 24.5. The van der Waals surface area contributed by atoms with Gasteiger partial charge in [0.15, 0.2) is 0 Å². The van der Waals surface area contributed by atoms with Gasteiger partial charge >= 0.3 is 0 Å². The Hall–Kier alpha value is -0.390. The minimum atomic E-state index is -0.976. The molecule has 4 nitrogen and oxygen atoms in total. The second-order valence-electron chi connectivity index (χ2n) is 4.21. The molecule has 0 saturated heterocycles. The van der Waals surface area contributed by atoms with Crippen LogP contribution in [0.2, 0.25) is 0 Å². The highest BCUT2D eigenvalue weighted by atomic mass is 79.9. The van der Waals surface area contributed by atoms with Crippen LogP contribution >= 0.6 is 15.9 Å². The third kappa shape index (κ3) is 1.84. The maximum absolute atomic E-state index is 10.3. The topological polar surface area (TPSA) is 58.3 Å². The highest BCUT2D eigenvalue weighted by Gasteiger charge is 2.41. The summed E-state index contributed by atoms with van der Waals surface area (Å²) in [7, 11) is 1.77. The molecule has 15 heavy (non-hydrogen) atoms. The molecule has 0 aromatic carbocycles. The van der Waals surface area contributed by atoms with E-state index in [9.17, 15) is 10.2 Å². The Bertz CT molecular complexity index is 339. The molecule has 1 aromatic heterocycles. The average Bonchev–Trinajstić information content (AvgIpc) is 2.75. The standard InChI is InChI=1S/C10H15BrN2O2/c1-13-8(7(11)6-12-13)9(14)10(15)4-2-3-5-10/h6,9,14-15H,2-5H2,1H3. The SMILES string of the molecule is Cn1ncc(Br)c1C(O)C1(O)CCCC1. The van der Waals surface area contributed by atoms with Crippen LogP contribution in [0.4, 0.5) is 0 Å². The largest absolute Gasteiger partial charge is 0.387 e. The number of aliphatic hydroxyl groups excluding tert-OH is 1. The molecule has 84 valence electrons. The van der Waals surface area contributed by atoms with Gasteiger partial charge in [-0.15, -0.1) is 0 Å². The number of aromatic nitrogens is 2. The van der Waals surface area contributed by atoms with Crippen LogP contribution in [-0.4, -0.2) is 25.6 Å². The second kappa shape index (κ2) is 3.88. The Labute approximate surface area is 97.0 Å². The number of hydrogen-bond donors (Lipinski definition) is 2. The number of aryl methyl sites for hydroxylation is 1. The van der Waals surface area contributed by atoms with Crippen molar-refractivity contribution in [3.8, 4) is 0 Å². The molecular formula is C10H15BrN2O2. The first-order valence-corrected chi connectivity index (χ1v) is 5.92. The lowest BCUT2D eigenvalue weighted by atomic mass is 9.92. The number of nitrogens with zero attached hydrogens (tertiary/aromatic N) is 2. The summed E-state index contributed by atoms with van der Waals surface area (Å²) in [6, 6.07) is 0. The highest BCUT2D eigenvalue weighted by molar-refractivity contribution is 9.10. The van der Waals surface area contributed by atoms with Gasteiger partial charge in [0, 0.05) is 7.05 Å². The van der Waals surface area contributed by atoms with Crippen molar-refractivity contribution in [1.82, 2.24) is 9.78 Å². The number of halogens is 1. The van der Waals surface area contributed by atoms with Crippen molar-refractivity contribution in [2.24, 2.45) is 7.05 Å². The minimum absolute atomic E-state index is 0.652. The molecule has 2 N–H and O–H groups in total. The molecule has 1 aliphatic rings. The van der Waals surface area contributed by atoms with Crippen LogP contribution in [0.25, 0.3) is 0 Å². The van der Waals surface area contributed by atoms with Gasteiger partial charge in [-0.3, -0.25) is 4.68 Å². The van der Waals surface area contributed by atoms with Crippen LogP contribution in [0.1, 0.15) is 37.5 Å². The fourth-order valence-electron chi connectivity index (χ4n) is 2.24. The van der Waals surface area contributed by atoms with Crippen LogP contribution in [-0.2, 0) is 7.05 Å². The van der Waals surface area contributed by atoms with E-state index in [1.54, 1.807) is 17.9 Å². The van der Waals surface area contributed by atoms with Gasteiger partial charge in [-0.2, -0.15) is 5.10 Å². The van der Waals surface area contributed by atoms with Crippen molar-refractivity contribution in [3.05, 3.63) is 16.4 Å². The Morgan fingerprint density at radius 2 is 2.13 bits per heavy atom. The van der Waals surface area contributed by atoms with E-state index in [-0.39, 0.29) is 0 Å². The monoisotopic (exact) mass is 274 g/mol. The van der Waals surface area contributed by atoms with E-state index in [0.29, 0.717) is 18.5 Å². The van der Waals surface area contributed by atoms with E-state index in [2.05, 4.69) is 21.0 Å². The Morgan fingerprint density at radius 1 is 1.53 bits per heavy atom. The number of hydrogen-bond acceptors (Lipinski definition) is 3. The van der Waals surface area contributed by atoms with Gasteiger partial charge in [0.1, 0.15) is 6.10 Å². The van der Waals surface area contributed by atoms with Crippen molar-refractivity contribution in [2.45, 2.75) is 37.4 Å². The van der Waals surface area contributed by atoms with Crippen molar-refractivity contribution in [3.63, 3.8) is 0 Å². The summed E-state index contributed by atoms with van der Waals surface area (Å²) in [6.45, 7) is 0. The van der Waals surface area contributed by atoms with Gasteiger partial charge in [-0.25, -0.2) is 0 Å². The lowest BCUT2D eigenvalue weighted by Gasteiger charge is -2.28. The van der Waals surface area contributed by atoms with Crippen LogP contribution in [0.5, 0.6) is 0 Å². The molecule has 1 saturated carbocycles. The molecular weight excluding hydrogens is 260 g/mol. The summed E-state index contributed by atoms with van der Waals surface area (Å²) in [4.78, 5) is 0. The summed E-state index contributed by atoms with van der Waals surface area (Å²) in [5.74, 6) is 0. The molecule has 1 aliphatic carbocycles. The lowest BCUT2D eigenvalue weighted by molar-refractivity contribution is -0.0756. The minimum Gasteiger partial charge on any atom is -0.387 e. The van der Waals surface area contributed by atoms with Gasteiger partial charge in [0.05, 0.1) is 22.0 Å². The second-order valence-corrected chi connectivity index (χ2v) is 5.07. The molecule has 0 spiro atoms. The molecule has 1 fully saturated rings. The van der Waals surface area contributed by atoms with Crippen molar-refractivity contribution < 1.29 is 10.2 Å². The predicted octanol–water partition coefficient (Wildman–Crippen LogP) is 1.52. The average molecular weight is 275 g/mol.